The van der Waals surface area contributed by atoms with Gasteiger partial charge in [-0.15, -0.1) is 12.4 Å². The molecular formula is C14H19ClN2O3. The van der Waals surface area contributed by atoms with Crippen LogP contribution in [0.15, 0.2) is 18.2 Å². The Morgan fingerprint density at radius 3 is 2.75 bits per heavy atom. The minimum atomic E-state index is -0.146. The number of ether oxygens (including phenoxy) is 1. The highest BCUT2D eigenvalue weighted by atomic mass is 35.5. The Morgan fingerprint density at radius 2 is 2.15 bits per heavy atom. The first-order valence-electron chi connectivity index (χ1n) is 6.20. The lowest BCUT2D eigenvalue weighted by atomic mass is 9.94. The van der Waals surface area contributed by atoms with E-state index in [0.29, 0.717) is 30.2 Å². The van der Waals surface area contributed by atoms with Crippen molar-refractivity contribution in [2.75, 3.05) is 32.6 Å². The Balaban J connectivity index is 0.00000200. The normalized spacial score (nSPS) is 17.0. The van der Waals surface area contributed by atoms with Gasteiger partial charge in [-0.05, 0) is 26.2 Å². The van der Waals surface area contributed by atoms with Crippen LogP contribution in [0, 0.1) is 5.92 Å². The molecule has 1 aliphatic rings. The summed E-state index contributed by atoms with van der Waals surface area (Å²) in [4.78, 5) is 25.3. The molecule has 5 nitrogen and oxygen atoms in total. The average molecular weight is 299 g/mol. The third-order valence-corrected chi connectivity index (χ3v) is 2.96. The van der Waals surface area contributed by atoms with E-state index in [9.17, 15) is 9.59 Å². The van der Waals surface area contributed by atoms with Gasteiger partial charge in [0, 0.05) is 25.2 Å². The van der Waals surface area contributed by atoms with Gasteiger partial charge in [0.2, 0.25) is 5.91 Å². The molecule has 1 amide bonds. The van der Waals surface area contributed by atoms with Crippen LogP contribution < -0.4 is 10.1 Å². The van der Waals surface area contributed by atoms with Crippen molar-refractivity contribution in [1.29, 1.82) is 0 Å². The zero-order valence-electron chi connectivity index (χ0n) is 11.8. The maximum Gasteiger partial charge on any atom is 0.221 e. The predicted molar refractivity (Wildman–Crippen MR) is 79.9 cm³/mol. The number of hydrogen-bond donors (Lipinski definition) is 1. The molecule has 0 aliphatic carbocycles. The number of rotatable bonds is 3. The van der Waals surface area contributed by atoms with Crippen LogP contribution in [0.3, 0.4) is 0 Å². The molecule has 2 rings (SSSR count). The van der Waals surface area contributed by atoms with Crippen LogP contribution in [-0.4, -0.2) is 43.8 Å². The standard InChI is InChI=1S/C14H18N2O3.ClH/c1-9(17)15-11-4-5-12-13(6-11)19-8-10(14(12)18)7-16(2)3;/h4-6,10H,7-8H2,1-3H3,(H,15,17);1H. The fraction of sp³-hybridized carbons (Fsp3) is 0.429. The summed E-state index contributed by atoms with van der Waals surface area (Å²) in [5.41, 5.74) is 1.23. The number of anilines is 1. The van der Waals surface area contributed by atoms with Crippen molar-refractivity contribution in [1.82, 2.24) is 4.90 Å². The van der Waals surface area contributed by atoms with E-state index in [-0.39, 0.29) is 30.0 Å². The second-order valence-corrected chi connectivity index (χ2v) is 5.03. The number of hydrogen-bond acceptors (Lipinski definition) is 4. The van der Waals surface area contributed by atoms with Gasteiger partial charge in [-0.2, -0.15) is 0 Å². The largest absolute Gasteiger partial charge is 0.492 e. The smallest absolute Gasteiger partial charge is 0.221 e. The summed E-state index contributed by atoms with van der Waals surface area (Å²) in [5.74, 6) is 0.372. The number of nitrogens with zero attached hydrogens (tertiary/aromatic N) is 1. The van der Waals surface area contributed by atoms with E-state index < -0.39 is 0 Å². The van der Waals surface area contributed by atoms with Crippen LogP contribution >= 0.6 is 12.4 Å². The van der Waals surface area contributed by atoms with Crippen molar-refractivity contribution in [3.05, 3.63) is 23.8 Å². The number of halogens is 1. The number of ketones is 1. The lowest BCUT2D eigenvalue weighted by Crippen LogP contribution is -2.35. The number of nitrogens with one attached hydrogen (secondary N) is 1. The molecule has 0 saturated carbocycles. The summed E-state index contributed by atoms with van der Waals surface area (Å²) in [6, 6.07) is 5.13. The van der Waals surface area contributed by atoms with Gasteiger partial charge in [-0.1, -0.05) is 0 Å². The van der Waals surface area contributed by atoms with Gasteiger partial charge in [0.15, 0.2) is 5.78 Å². The molecule has 0 aromatic heterocycles. The van der Waals surface area contributed by atoms with Gasteiger partial charge in [0.25, 0.3) is 0 Å². The molecule has 0 spiro atoms. The Bertz CT molecular complexity index is 517. The number of amides is 1. The van der Waals surface area contributed by atoms with Gasteiger partial charge in [-0.3, -0.25) is 9.59 Å². The van der Waals surface area contributed by atoms with E-state index in [1.54, 1.807) is 18.2 Å². The topological polar surface area (TPSA) is 58.6 Å². The first-order chi connectivity index (χ1) is 8.97. The monoisotopic (exact) mass is 298 g/mol. The number of fused-ring (bicyclic) bond motifs is 1. The predicted octanol–water partition coefficient (Wildman–Crippen LogP) is 1.82. The summed E-state index contributed by atoms with van der Waals surface area (Å²) in [6.07, 6.45) is 0. The minimum Gasteiger partial charge on any atom is -0.492 e. The van der Waals surface area contributed by atoms with Gasteiger partial charge in [0.05, 0.1) is 18.1 Å². The zero-order valence-corrected chi connectivity index (χ0v) is 12.6. The van der Waals surface area contributed by atoms with Crippen molar-refractivity contribution >= 4 is 29.8 Å². The van der Waals surface area contributed by atoms with Crippen LogP contribution in [0.5, 0.6) is 5.75 Å². The molecule has 1 aromatic carbocycles. The van der Waals surface area contributed by atoms with E-state index in [1.807, 2.05) is 19.0 Å². The highest BCUT2D eigenvalue weighted by Gasteiger charge is 2.29. The molecule has 0 fully saturated rings. The maximum absolute atomic E-state index is 12.3. The Hall–Kier alpha value is -1.59. The fourth-order valence-corrected chi connectivity index (χ4v) is 2.19. The number of carbonyl (C=O) groups is 2. The number of benzene rings is 1. The minimum absolute atomic E-state index is 0. The molecule has 1 heterocycles. The molecule has 1 atom stereocenters. The van der Waals surface area contributed by atoms with E-state index in [1.165, 1.54) is 6.92 Å². The maximum atomic E-state index is 12.3. The third-order valence-electron chi connectivity index (χ3n) is 2.96. The summed E-state index contributed by atoms with van der Waals surface area (Å²) < 4.78 is 5.63. The molecule has 1 unspecified atom stereocenters. The lowest BCUT2D eigenvalue weighted by molar-refractivity contribution is -0.114. The Kier molecular flexibility index (Phi) is 5.53. The van der Waals surface area contributed by atoms with Crippen LogP contribution in [0.25, 0.3) is 0 Å². The molecule has 110 valence electrons. The van der Waals surface area contributed by atoms with Crippen LogP contribution in [-0.2, 0) is 4.79 Å². The molecule has 1 aliphatic heterocycles. The van der Waals surface area contributed by atoms with Crippen molar-refractivity contribution in [3.8, 4) is 5.75 Å². The number of carbonyl (C=O) groups excluding carboxylic acids is 2. The van der Waals surface area contributed by atoms with E-state index in [4.69, 9.17) is 4.74 Å². The van der Waals surface area contributed by atoms with Gasteiger partial charge in [0.1, 0.15) is 5.75 Å². The highest BCUT2D eigenvalue weighted by molar-refractivity contribution is 6.02. The SMILES string of the molecule is CC(=O)Nc1ccc2c(c1)OCC(CN(C)C)C2=O.Cl. The molecular weight excluding hydrogens is 280 g/mol. The highest BCUT2D eigenvalue weighted by Crippen LogP contribution is 2.30. The van der Waals surface area contributed by atoms with Crippen molar-refractivity contribution in [3.63, 3.8) is 0 Å². The van der Waals surface area contributed by atoms with Crippen LogP contribution in [0.4, 0.5) is 5.69 Å². The Morgan fingerprint density at radius 1 is 1.45 bits per heavy atom. The first kappa shape index (κ1) is 16.5. The lowest BCUT2D eigenvalue weighted by Gasteiger charge is -2.26. The average Bonchev–Trinajstić information content (AvgIpc) is 2.31. The van der Waals surface area contributed by atoms with Crippen molar-refractivity contribution < 1.29 is 14.3 Å². The van der Waals surface area contributed by atoms with Crippen molar-refractivity contribution in [2.24, 2.45) is 5.92 Å². The van der Waals surface area contributed by atoms with Gasteiger partial charge < -0.3 is 15.0 Å². The van der Waals surface area contributed by atoms with Crippen LogP contribution in [0.2, 0.25) is 0 Å². The van der Waals surface area contributed by atoms with Crippen molar-refractivity contribution in [2.45, 2.75) is 6.92 Å². The second-order valence-electron chi connectivity index (χ2n) is 5.03. The quantitative estimate of drug-likeness (QED) is 0.925. The fourth-order valence-electron chi connectivity index (χ4n) is 2.19. The molecule has 0 radical (unpaired) electrons. The first-order valence-corrected chi connectivity index (χ1v) is 6.20. The molecule has 0 saturated heterocycles. The van der Waals surface area contributed by atoms with E-state index in [0.717, 1.165) is 0 Å². The number of Topliss-reactive ketones (excluding diaryl/α,β-unsaturated/α-hetero) is 1. The zero-order chi connectivity index (χ0) is 14.0. The third kappa shape index (κ3) is 3.71. The van der Waals surface area contributed by atoms with E-state index >= 15 is 0 Å². The summed E-state index contributed by atoms with van der Waals surface area (Å²) in [7, 11) is 3.87. The molecule has 1 aromatic rings. The molecule has 1 N–H and O–H groups in total. The van der Waals surface area contributed by atoms with Gasteiger partial charge in [-0.25, -0.2) is 0 Å². The second kappa shape index (κ2) is 6.72. The summed E-state index contributed by atoms with van der Waals surface area (Å²) in [5, 5.41) is 2.67. The Labute approximate surface area is 124 Å². The van der Waals surface area contributed by atoms with Gasteiger partial charge >= 0.3 is 0 Å². The molecule has 0 bridgehead atoms. The molecule has 20 heavy (non-hydrogen) atoms. The van der Waals surface area contributed by atoms with Crippen LogP contribution in [0.1, 0.15) is 17.3 Å². The summed E-state index contributed by atoms with van der Waals surface area (Å²) in [6.45, 7) is 2.50. The molecule has 6 heteroatoms. The summed E-state index contributed by atoms with van der Waals surface area (Å²) >= 11 is 0. The van der Waals surface area contributed by atoms with E-state index in [2.05, 4.69) is 5.32 Å².